The molecule has 30 heavy (non-hydrogen) atoms. The molecule has 1 aliphatic rings. The number of fused-ring (bicyclic) bond motifs is 1. The normalized spacial score (nSPS) is 16.5. The molecule has 6 nitrogen and oxygen atoms in total. The number of benzene rings is 2. The molecule has 3 aromatic rings. The molecule has 0 saturated carbocycles. The molecular weight excluding hydrogens is 387 g/mol. The van der Waals surface area contributed by atoms with Crippen LogP contribution in [0.25, 0.3) is 22.2 Å². The molecule has 0 N–H and O–H groups in total. The van der Waals surface area contributed by atoms with E-state index in [-0.39, 0.29) is 24.4 Å². The summed E-state index contributed by atoms with van der Waals surface area (Å²) in [5.41, 5.74) is 2.12. The van der Waals surface area contributed by atoms with E-state index in [1.807, 2.05) is 13.0 Å². The van der Waals surface area contributed by atoms with E-state index in [9.17, 15) is 14.0 Å². The number of pyridine rings is 1. The number of ether oxygens (including phenoxy) is 2. The van der Waals surface area contributed by atoms with Crippen molar-refractivity contribution in [2.24, 2.45) is 0 Å². The number of amides is 1. The lowest BCUT2D eigenvalue weighted by Gasteiger charge is -2.30. The number of hydrogen-bond acceptors (Lipinski definition) is 5. The van der Waals surface area contributed by atoms with Crippen molar-refractivity contribution in [2.75, 3.05) is 26.3 Å². The molecule has 2 heterocycles. The first-order valence-electron chi connectivity index (χ1n) is 9.73. The Kier molecular flexibility index (Phi) is 5.72. The number of halogens is 1. The zero-order valence-corrected chi connectivity index (χ0v) is 16.5. The number of aromatic nitrogens is 1. The van der Waals surface area contributed by atoms with Crippen LogP contribution in [0.1, 0.15) is 17.3 Å². The summed E-state index contributed by atoms with van der Waals surface area (Å²) in [5, 5.41) is 0.626. The van der Waals surface area contributed by atoms with Crippen molar-refractivity contribution in [1.29, 1.82) is 0 Å². The van der Waals surface area contributed by atoms with Gasteiger partial charge in [-0.1, -0.05) is 18.2 Å². The van der Waals surface area contributed by atoms with E-state index in [0.29, 0.717) is 47.4 Å². The second-order valence-corrected chi connectivity index (χ2v) is 7.18. The second kappa shape index (κ2) is 8.59. The van der Waals surface area contributed by atoms with Gasteiger partial charge in [0.25, 0.3) is 5.91 Å². The predicted octanol–water partition coefficient (Wildman–Crippen LogP) is 3.45. The Morgan fingerprint density at radius 3 is 2.73 bits per heavy atom. The van der Waals surface area contributed by atoms with Crippen LogP contribution in [0.4, 0.5) is 4.39 Å². The van der Waals surface area contributed by atoms with Crippen molar-refractivity contribution in [3.8, 4) is 11.3 Å². The summed E-state index contributed by atoms with van der Waals surface area (Å²) in [5.74, 6) is -1.21. The van der Waals surface area contributed by atoms with Gasteiger partial charge in [-0.05, 0) is 43.3 Å². The lowest BCUT2D eigenvalue weighted by Crippen LogP contribution is -2.46. The zero-order valence-electron chi connectivity index (χ0n) is 16.5. The molecule has 1 unspecified atom stereocenters. The molecule has 1 amide bonds. The maximum absolute atomic E-state index is 13.3. The van der Waals surface area contributed by atoms with Crippen LogP contribution in [0.15, 0.2) is 54.6 Å². The van der Waals surface area contributed by atoms with Crippen LogP contribution in [0.3, 0.4) is 0 Å². The van der Waals surface area contributed by atoms with Gasteiger partial charge in [-0.25, -0.2) is 14.2 Å². The number of esters is 1. The van der Waals surface area contributed by atoms with Gasteiger partial charge in [0.1, 0.15) is 5.82 Å². The van der Waals surface area contributed by atoms with Gasteiger partial charge in [0.05, 0.1) is 29.5 Å². The standard InChI is InChI=1S/C23H21FN2O4/c1-15-13-26(10-11-29-15)22(27)14-30-23(28)19-12-21(16-6-8-17(24)9-7-16)25-20-5-3-2-4-18(19)20/h2-9,12,15H,10-11,13-14H2,1H3. The maximum atomic E-state index is 13.3. The highest BCUT2D eigenvalue weighted by molar-refractivity contribution is 6.05. The van der Waals surface area contributed by atoms with Gasteiger partial charge < -0.3 is 14.4 Å². The quantitative estimate of drug-likeness (QED) is 0.619. The van der Waals surface area contributed by atoms with E-state index in [4.69, 9.17) is 9.47 Å². The van der Waals surface area contributed by atoms with Gasteiger partial charge in [0, 0.05) is 24.0 Å². The van der Waals surface area contributed by atoms with E-state index in [2.05, 4.69) is 4.98 Å². The van der Waals surface area contributed by atoms with E-state index >= 15 is 0 Å². The number of nitrogens with zero attached hydrogens (tertiary/aromatic N) is 2. The third kappa shape index (κ3) is 4.31. The van der Waals surface area contributed by atoms with Crippen LogP contribution < -0.4 is 0 Å². The first-order chi connectivity index (χ1) is 14.5. The second-order valence-electron chi connectivity index (χ2n) is 7.18. The summed E-state index contributed by atoms with van der Waals surface area (Å²) in [6.45, 7) is 2.98. The average Bonchev–Trinajstić information content (AvgIpc) is 2.77. The fourth-order valence-electron chi connectivity index (χ4n) is 3.45. The van der Waals surface area contributed by atoms with Crippen LogP contribution in [-0.4, -0.2) is 54.2 Å². The van der Waals surface area contributed by atoms with E-state index < -0.39 is 5.97 Å². The Bertz CT molecular complexity index is 1080. The summed E-state index contributed by atoms with van der Waals surface area (Å²) in [4.78, 5) is 31.5. The Balaban J connectivity index is 1.58. The molecule has 1 aromatic heterocycles. The lowest BCUT2D eigenvalue weighted by atomic mass is 10.0. The molecule has 1 saturated heterocycles. The van der Waals surface area contributed by atoms with Gasteiger partial charge in [0.2, 0.25) is 0 Å². The highest BCUT2D eigenvalue weighted by atomic mass is 19.1. The molecule has 0 radical (unpaired) electrons. The summed E-state index contributed by atoms with van der Waals surface area (Å²) in [6, 6.07) is 14.7. The third-order valence-electron chi connectivity index (χ3n) is 5.00. The van der Waals surface area contributed by atoms with Crippen LogP contribution in [0.2, 0.25) is 0 Å². The van der Waals surface area contributed by atoms with Crippen molar-refractivity contribution in [1.82, 2.24) is 9.88 Å². The molecule has 0 spiro atoms. The minimum atomic E-state index is -0.605. The highest BCUT2D eigenvalue weighted by Gasteiger charge is 2.23. The minimum absolute atomic E-state index is 0.0409. The fraction of sp³-hybridized carbons (Fsp3) is 0.261. The molecule has 1 fully saturated rings. The molecule has 154 valence electrons. The van der Waals surface area contributed by atoms with Gasteiger partial charge in [-0.2, -0.15) is 0 Å². The van der Waals surface area contributed by atoms with Crippen LogP contribution in [0.5, 0.6) is 0 Å². The molecule has 2 aromatic carbocycles. The van der Waals surface area contributed by atoms with Gasteiger partial charge in [-0.3, -0.25) is 4.79 Å². The molecule has 4 rings (SSSR count). The van der Waals surface area contributed by atoms with Crippen molar-refractivity contribution in [3.63, 3.8) is 0 Å². The summed E-state index contributed by atoms with van der Waals surface area (Å²) < 4.78 is 24.0. The number of morpholine rings is 1. The Morgan fingerprint density at radius 1 is 1.20 bits per heavy atom. The third-order valence-corrected chi connectivity index (χ3v) is 5.00. The topological polar surface area (TPSA) is 68.7 Å². The largest absolute Gasteiger partial charge is 0.452 e. The van der Waals surface area contributed by atoms with E-state index in [0.717, 1.165) is 0 Å². The van der Waals surface area contributed by atoms with Crippen LogP contribution in [0, 0.1) is 5.82 Å². The molecule has 0 bridgehead atoms. The Hall–Kier alpha value is -3.32. The number of carbonyl (C=O) groups excluding carboxylic acids is 2. The van der Waals surface area contributed by atoms with Crippen molar-refractivity contribution in [2.45, 2.75) is 13.0 Å². The van der Waals surface area contributed by atoms with Crippen LogP contribution >= 0.6 is 0 Å². The average molecular weight is 408 g/mol. The van der Waals surface area contributed by atoms with E-state index in [1.165, 1.54) is 12.1 Å². The first kappa shape index (κ1) is 20.0. The van der Waals surface area contributed by atoms with Crippen molar-refractivity contribution < 1.29 is 23.5 Å². The van der Waals surface area contributed by atoms with Gasteiger partial charge in [-0.15, -0.1) is 0 Å². The molecule has 0 aliphatic carbocycles. The van der Waals surface area contributed by atoms with Crippen LogP contribution in [-0.2, 0) is 14.3 Å². The minimum Gasteiger partial charge on any atom is -0.452 e. The number of hydrogen-bond donors (Lipinski definition) is 0. The summed E-state index contributed by atoms with van der Waals surface area (Å²) in [6.07, 6.45) is -0.0409. The first-order valence-corrected chi connectivity index (χ1v) is 9.73. The SMILES string of the molecule is CC1CN(C(=O)COC(=O)c2cc(-c3ccc(F)cc3)nc3ccccc23)CCO1. The Morgan fingerprint density at radius 2 is 1.97 bits per heavy atom. The lowest BCUT2D eigenvalue weighted by molar-refractivity contribution is -0.141. The maximum Gasteiger partial charge on any atom is 0.339 e. The van der Waals surface area contributed by atoms with Crippen molar-refractivity contribution in [3.05, 3.63) is 66.0 Å². The fourth-order valence-corrected chi connectivity index (χ4v) is 3.45. The van der Waals surface area contributed by atoms with E-state index in [1.54, 1.807) is 41.3 Å². The molecule has 1 atom stereocenters. The molecule has 1 aliphatic heterocycles. The van der Waals surface area contributed by atoms with Crippen molar-refractivity contribution >= 4 is 22.8 Å². The molecule has 7 heteroatoms. The number of para-hydroxylation sites is 1. The summed E-state index contributed by atoms with van der Waals surface area (Å²) >= 11 is 0. The molecular formula is C23H21FN2O4. The predicted molar refractivity (Wildman–Crippen MR) is 109 cm³/mol. The zero-order chi connectivity index (χ0) is 21.1. The Labute approximate surface area is 173 Å². The van der Waals surface area contributed by atoms with Gasteiger partial charge in [0.15, 0.2) is 6.61 Å². The van der Waals surface area contributed by atoms with Gasteiger partial charge >= 0.3 is 5.97 Å². The monoisotopic (exact) mass is 408 g/mol. The highest BCUT2D eigenvalue weighted by Crippen LogP contribution is 2.25. The smallest absolute Gasteiger partial charge is 0.339 e. The number of rotatable bonds is 4. The number of carbonyl (C=O) groups is 2. The summed E-state index contributed by atoms with van der Waals surface area (Å²) in [7, 11) is 0.